The minimum atomic E-state index is -0.519. The van der Waals surface area contributed by atoms with Crippen LogP contribution in [0.2, 0.25) is 0 Å². The second kappa shape index (κ2) is 7.05. The molecule has 0 heterocycles. The van der Waals surface area contributed by atoms with Gasteiger partial charge < -0.3 is 4.74 Å². The van der Waals surface area contributed by atoms with Gasteiger partial charge in [0.25, 0.3) is 0 Å². The number of hydrogen-bond donors (Lipinski definition) is 0. The van der Waals surface area contributed by atoms with Crippen molar-refractivity contribution in [1.29, 1.82) is 5.26 Å². The molecule has 0 saturated heterocycles. The number of rotatable bonds is 7. The minimum absolute atomic E-state index is 0.171. The molecule has 3 nitrogen and oxygen atoms in total. The molecule has 0 N–H and O–H groups in total. The fourth-order valence-corrected chi connectivity index (χ4v) is 1.30. The van der Waals surface area contributed by atoms with Crippen molar-refractivity contribution in [3.05, 3.63) is 12.7 Å². The van der Waals surface area contributed by atoms with Crippen LogP contribution in [0.15, 0.2) is 12.7 Å². The summed E-state index contributed by atoms with van der Waals surface area (Å²) < 4.78 is 4.96. The molecule has 0 radical (unpaired) electrons. The summed E-state index contributed by atoms with van der Waals surface area (Å²) in [5, 5.41) is 9.12. The van der Waals surface area contributed by atoms with E-state index >= 15 is 0 Å². The quantitative estimate of drug-likeness (QED) is 0.478. The maximum atomic E-state index is 10.9. The van der Waals surface area contributed by atoms with E-state index < -0.39 is 11.4 Å². The number of esters is 1. The van der Waals surface area contributed by atoms with Crippen LogP contribution in [0.1, 0.15) is 39.5 Å². The summed E-state index contributed by atoms with van der Waals surface area (Å²) >= 11 is 0. The summed E-state index contributed by atoms with van der Waals surface area (Å²) in [5.74, 6) is -0.459. The molecule has 0 aliphatic rings. The first-order valence-electron chi connectivity index (χ1n) is 5.34. The van der Waals surface area contributed by atoms with E-state index in [0.717, 1.165) is 25.3 Å². The molecule has 0 spiro atoms. The van der Waals surface area contributed by atoms with Crippen LogP contribution in [0.5, 0.6) is 0 Å². The highest BCUT2D eigenvalue weighted by molar-refractivity contribution is 5.81. The molecule has 15 heavy (non-hydrogen) atoms. The first kappa shape index (κ1) is 13.7. The Hall–Kier alpha value is -1.30. The molecular formula is C12H19NO2. The number of nitriles is 1. The molecule has 0 aliphatic heterocycles. The molecule has 84 valence electrons. The van der Waals surface area contributed by atoms with Gasteiger partial charge in [-0.05, 0) is 12.8 Å². The lowest BCUT2D eigenvalue weighted by Gasteiger charge is -2.23. The third-order valence-electron chi connectivity index (χ3n) is 2.58. The Kier molecular flexibility index (Phi) is 6.44. The Labute approximate surface area is 91.7 Å². The molecule has 0 saturated carbocycles. The van der Waals surface area contributed by atoms with Crippen molar-refractivity contribution >= 4 is 5.97 Å². The predicted octanol–water partition coefficient (Wildman–Crippen LogP) is 2.83. The third kappa shape index (κ3) is 4.64. The maximum Gasteiger partial charge on any atom is 0.330 e. The van der Waals surface area contributed by atoms with Gasteiger partial charge in [-0.15, -0.1) is 0 Å². The van der Waals surface area contributed by atoms with E-state index in [9.17, 15) is 4.79 Å². The highest BCUT2D eigenvalue weighted by Gasteiger charge is 2.28. The summed E-state index contributed by atoms with van der Waals surface area (Å²) in [6, 6.07) is 2.27. The van der Waals surface area contributed by atoms with Crippen LogP contribution in [0.25, 0.3) is 0 Å². The first-order chi connectivity index (χ1) is 7.14. The normalized spacial score (nSPS) is 13.7. The molecule has 0 bridgehead atoms. The Morgan fingerprint density at radius 3 is 2.67 bits per heavy atom. The second-order valence-electron chi connectivity index (χ2n) is 3.66. The SMILES string of the molecule is C=CC(=O)OCC(C#N)(CC)CCCC. The fraction of sp³-hybridized carbons (Fsp3) is 0.667. The van der Waals surface area contributed by atoms with Gasteiger partial charge in [-0.1, -0.05) is 33.3 Å². The van der Waals surface area contributed by atoms with Gasteiger partial charge >= 0.3 is 5.97 Å². The van der Waals surface area contributed by atoms with Crippen LogP contribution in [-0.2, 0) is 9.53 Å². The molecule has 3 heteroatoms. The van der Waals surface area contributed by atoms with E-state index in [1.807, 2.05) is 6.92 Å². The standard InChI is InChI=1S/C12H19NO2/c1-4-7-8-12(6-3,9-13)10-15-11(14)5-2/h5H,2,4,6-8,10H2,1,3H3. The summed E-state index contributed by atoms with van der Waals surface area (Å²) in [5.41, 5.74) is -0.519. The number of unbranched alkanes of at least 4 members (excludes halogenated alkanes) is 1. The van der Waals surface area contributed by atoms with E-state index in [4.69, 9.17) is 10.00 Å². The van der Waals surface area contributed by atoms with Crippen molar-refractivity contribution in [2.75, 3.05) is 6.61 Å². The monoisotopic (exact) mass is 209 g/mol. The van der Waals surface area contributed by atoms with Gasteiger partial charge in [0.05, 0.1) is 11.5 Å². The van der Waals surface area contributed by atoms with E-state index in [-0.39, 0.29) is 6.61 Å². The lowest BCUT2D eigenvalue weighted by Crippen LogP contribution is -2.25. The van der Waals surface area contributed by atoms with Gasteiger partial charge in [0, 0.05) is 6.08 Å². The fourth-order valence-electron chi connectivity index (χ4n) is 1.30. The molecule has 0 rings (SSSR count). The van der Waals surface area contributed by atoms with Crippen LogP contribution in [-0.4, -0.2) is 12.6 Å². The number of carbonyl (C=O) groups excluding carboxylic acids is 1. The molecule has 1 unspecified atom stereocenters. The molecule has 0 amide bonds. The minimum Gasteiger partial charge on any atom is -0.461 e. The van der Waals surface area contributed by atoms with Crippen LogP contribution < -0.4 is 0 Å². The summed E-state index contributed by atoms with van der Waals surface area (Å²) in [6.07, 6.45) is 4.62. The van der Waals surface area contributed by atoms with Gasteiger partial charge in [-0.2, -0.15) is 5.26 Å². The van der Waals surface area contributed by atoms with Gasteiger partial charge in [0.1, 0.15) is 6.61 Å². The summed E-state index contributed by atoms with van der Waals surface area (Å²) in [6.45, 7) is 7.51. The lowest BCUT2D eigenvalue weighted by molar-refractivity contribution is -0.140. The summed E-state index contributed by atoms with van der Waals surface area (Å²) in [7, 11) is 0. The van der Waals surface area contributed by atoms with Gasteiger partial charge in [0.2, 0.25) is 0 Å². The number of hydrogen-bond acceptors (Lipinski definition) is 3. The number of carbonyl (C=O) groups is 1. The molecule has 0 aromatic rings. The molecule has 0 aliphatic carbocycles. The Balaban J connectivity index is 4.30. The van der Waals surface area contributed by atoms with Crippen LogP contribution in [0.4, 0.5) is 0 Å². The van der Waals surface area contributed by atoms with Crippen LogP contribution >= 0.6 is 0 Å². The maximum absolute atomic E-state index is 10.9. The number of ether oxygens (including phenoxy) is 1. The lowest BCUT2D eigenvalue weighted by atomic mass is 9.82. The van der Waals surface area contributed by atoms with Crippen LogP contribution in [0.3, 0.4) is 0 Å². The van der Waals surface area contributed by atoms with Crippen molar-refractivity contribution in [3.8, 4) is 6.07 Å². The predicted molar refractivity (Wildman–Crippen MR) is 59.0 cm³/mol. The average Bonchev–Trinajstić information content (AvgIpc) is 2.30. The Bertz CT molecular complexity index is 255. The van der Waals surface area contributed by atoms with Crippen molar-refractivity contribution in [2.24, 2.45) is 5.41 Å². The van der Waals surface area contributed by atoms with E-state index in [2.05, 4.69) is 19.6 Å². The summed E-state index contributed by atoms with van der Waals surface area (Å²) in [4.78, 5) is 10.9. The van der Waals surface area contributed by atoms with Crippen molar-refractivity contribution in [2.45, 2.75) is 39.5 Å². The zero-order valence-corrected chi connectivity index (χ0v) is 9.58. The van der Waals surface area contributed by atoms with Gasteiger partial charge in [-0.3, -0.25) is 0 Å². The largest absolute Gasteiger partial charge is 0.461 e. The average molecular weight is 209 g/mol. The number of nitrogens with zero attached hydrogens (tertiary/aromatic N) is 1. The Morgan fingerprint density at radius 2 is 2.27 bits per heavy atom. The first-order valence-corrected chi connectivity index (χ1v) is 5.34. The smallest absolute Gasteiger partial charge is 0.330 e. The van der Waals surface area contributed by atoms with Crippen molar-refractivity contribution in [1.82, 2.24) is 0 Å². The zero-order valence-electron chi connectivity index (χ0n) is 9.58. The van der Waals surface area contributed by atoms with E-state index in [1.165, 1.54) is 0 Å². The molecule has 1 atom stereocenters. The van der Waals surface area contributed by atoms with Gasteiger partial charge in [0.15, 0.2) is 0 Å². The molecule has 0 aromatic heterocycles. The topological polar surface area (TPSA) is 50.1 Å². The molecule has 0 fully saturated rings. The van der Waals surface area contributed by atoms with E-state index in [1.54, 1.807) is 0 Å². The molecule has 0 aromatic carbocycles. The van der Waals surface area contributed by atoms with Gasteiger partial charge in [-0.25, -0.2) is 4.79 Å². The second-order valence-corrected chi connectivity index (χ2v) is 3.66. The van der Waals surface area contributed by atoms with Crippen molar-refractivity contribution in [3.63, 3.8) is 0 Å². The highest BCUT2D eigenvalue weighted by Crippen LogP contribution is 2.28. The van der Waals surface area contributed by atoms with E-state index in [0.29, 0.717) is 6.42 Å². The van der Waals surface area contributed by atoms with Crippen LogP contribution in [0, 0.1) is 16.7 Å². The third-order valence-corrected chi connectivity index (χ3v) is 2.58. The zero-order chi connectivity index (χ0) is 11.7. The highest BCUT2D eigenvalue weighted by atomic mass is 16.5. The molecular weight excluding hydrogens is 190 g/mol. The Morgan fingerprint density at radius 1 is 1.60 bits per heavy atom. The van der Waals surface area contributed by atoms with Crippen molar-refractivity contribution < 1.29 is 9.53 Å².